The van der Waals surface area contributed by atoms with Gasteiger partial charge < -0.3 is 9.67 Å². The second kappa shape index (κ2) is 4.89. The first-order chi connectivity index (χ1) is 6.94. The molecular formula is C8H11F3N2OS. The number of thioether (sulfide) groups is 1. The van der Waals surface area contributed by atoms with Crippen LogP contribution in [0.1, 0.15) is 12.1 Å². The van der Waals surface area contributed by atoms with Gasteiger partial charge in [0, 0.05) is 12.8 Å². The van der Waals surface area contributed by atoms with E-state index in [0.29, 0.717) is 10.9 Å². The van der Waals surface area contributed by atoms with Crippen molar-refractivity contribution in [2.24, 2.45) is 7.05 Å². The summed E-state index contributed by atoms with van der Waals surface area (Å²) in [6.07, 6.45) is -3.51. The molecule has 1 aromatic rings. The number of hydrogen-bond acceptors (Lipinski definition) is 3. The summed E-state index contributed by atoms with van der Waals surface area (Å²) in [5.74, 6) is -0.0563. The predicted octanol–water partition coefficient (Wildman–Crippen LogP) is 1.96. The van der Waals surface area contributed by atoms with Crippen LogP contribution in [0.5, 0.6) is 0 Å². The second-order valence-corrected chi connectivity index (χ2v) is 4.02. The lowest BCUT2D eigenvalue weighted by Gasteiger charge is -2.06. The molecule has 1 rings (SSSR count). The van der Waals surface area contributed by atoms with E-state index in [2.05, 4.69) is 4.98 Å². The smallest absolute Gasteiger partial charge is 0.389 e. The van der Waals surface area contributed by atoms with Gasteiger partial charge in [0.15, 0.2) is 5.16 Å². The number of aliphatic hydroxyl groups excluding tert-OH is 1. The van der Waals surface area contributed by atoms with Gasteiger partial charge in [-0.1, -0.05) is 11.8 Å². The quantitative estimate of drug-likeness (QED) is 0.817. The van der Waals surface area contributed by atoms with Crippen LogP contribution >= 0.6 is 11.8 Å². The third-order valence-corrected chi connectivity index (χ3v) is 2.87. The van der Waals surface area contributed by atoms with Crippen LogP contribution in [-0.2, 0) is 13.7 Å². The Morgan fingerprint density at radius 1 is 1.53 bits per heavy atom. The molecule has 0 atom stereocenters. The van der Waals surface area contributed by atoms with Crippen molar-refractivity contribution < 1.29 is 18.3 Å². The van der Waals surface area contributed by atoms with Crippen molar-refractivity contribution in [3.63, 3.8) is 0 Å². The lowest BCUT2D eigenvalue weighted by atomic mass is 10.5. The zero-order chi connectivity index (χ0) is 11.5. The van der Waals surface area contributed by atoms with Crippen molar-refractivity contribution in [1.29, 1.82) is 0 Å². The second-order valence-electron chi connectivity index (χ2n) is 2.96. The monoisotopic (exact) mass is 240 g/mol. The fourth-order valence-electron chi connectivity index (χ4n) is 0.965. The van der Waals surface area contributed by atoms with E-state index >= 15 is 0 Å². The Labute approximate surface area is 89.3 Å². The Morgan fingerprint density at radius 3 is 2.67 bits per heavy atom. The third-order valence-electron chi connectivity index (χ3n) is 1.82. The van der Waals surface area contributed by atoms with Gasteiger partial charge in [-0.3, -0.25) is 0 Å². The highest BCUT2D eigenvalue weighted by Gasteiger charge is 2.26. The van der Waals surface area contributed by atoms with Crippen molar-refractivity contribution in [1.82, 2.24) is 9.55 Å². The van der Waals surface area contributed by atoms with Crippen LogP contribution in [0.3, 0.4) is 0 Å². The zero-order valence-electron chi connectivity index (χ0n) is 8.08. The number of rotatable bonds is 4. The summed E-state index contributed by atoms with van der Waals surface area (Å²) in [4.78, 5) is 3.90. The maximum Gasteiger partial charge on any atom is 0.389 e. The van der Waals surface area contributed by atoms with Crippen LogP contribution in [-0.4, -0.2) is 26.6 Å². The molecular weight excluding hydrogens is 229 g/mol. The first-order valence-electron chi connectivity index (χ1n) is 4.25. The first-order valence-corrected chi connectivity index (χ1v) is 5.23. The molecule has 0 saturated carbocycles. The summed E-state index contributed by atoms with van der Waals surface area (Å²) in [5.41, 5.74) is 0.588. The van der Waals surface area contributed by atoms with Crippen molar-refractivity contribution in [2.45, 2.75) is 24.4 Å². The first kappa shape index (κ1) is 12.4. The summed E-state index contributed by atoms with van der Waals surface area (Å²) in [6, 6.07) is 0. The molecule has 86 valence electrons. The molecule has 15 heavy (non-hydrogen) atoms. The minimum absolute atomic E-state index is 0.0563. The maximum atomic E-state index is 11.8. The van der Waals surface area contributed by atoms with E-state index in [-0.39, 0.29) is 12.4 Å². The van der Waals surface area contributed by atoms with Gasteiger partial charge in [-0.25, -0.2) is 4.98 Å². The SMILES string of the molecule is Cn1c(CO)cnc1SCCC(F)(F)F. The van der Waals surface area contributed by atoms with Crippen LogP contribution in [0.4, 0.5) is 13.2 Å². The van der Waals surface area contributed by atoms with E-state index in [4.69, 9.17) is 5.11 Å². The molecule has 7 heteroatoms. The number of halogens is 3. The molecule has 0 spiro atoms. The fourth-order valence-corrected chi connectivity index (χ4v) is 1.92. The van der Waals surface area contributed by atoms with Gasteiger partial charge in [0.1, 0.15) is 0 Å². The molecule has 0 radical (unpaired) electrons. The Kier molecular flexibility index (Phi) is 4.04. The Morgan fingerprint density at radius 2 is 2.20 bits per heavy atom. The van der Waals surface area contributed by atoms with Gasteiger partial charge in [0.2, 0.25) is 0 Å². The molecule has 1 aromatic heterocycles. The van der Waals surface area contributed by atoms with Gasteiger partial charge in [-0.05, 0) is 0 Å². The molecule has 1 heterocycles. The standard InChI is InChI=1S/C8H11F3N2OS/c1-13-6(5-14)4-12-7(13)15-3-2-8(9,10)11/h4,14H,2-3,5H2,1H3. The minimum atomic E-state index is -4.13. The van der Waals surface area contributed by atoms with Crippen molar-refractivity contribution >= 4 is 11.8 Å². The molecule has 0 aromatic carbocycles. The van der Waals surface area contributed by atoms with E-state index in [9.17, 15) is 13.2 Å². The number of nitrogens with zero attached hydrogens (tertiary/aromatic N) is 2. The van der Waals surface area contributed by atoms with E-state index in [0.717, 1.165) is 11.8 Å². The molecule has 3 nitrogen and oxygen atoms in total. The van der Waals surface area contributed by atoms with Gasteiger partial charge in [-0.15, -0.1) is 0 Å². The molecule has 0 bridgehead atoms. The highest BCUT2D eigenvalue weighted by molar-refractivity contribution is 7.99. The average Bonchev–Trinajstić information content (AvgIpc) is 2.46. The number of aromatic nitrogens is 2. The highest BCUT2D eigenvalue weighted by atomic mass is 32.2. The van der Waals surface area contributed by atoms with Crippen molar-refractivity contribution in [2.75, 3.05) is 5.75 Å². The number of hydrogen-bond donors (Lipinski definition) is 1. The van der Waals surface area contributed by atoms with Crippen molar-refractivity contribution in [3.8, 4) is 0 Å². The van der Waals surface area contributed by atoms with Crippen LogP contribution in [0.2, 0.25) is 0 Å². The molecule has 0 aliphatic heterocycles. The van der Waals surface area contributed by atoms with E-state index in [1.165, 1.54) is 6.20 Å². The van der Waals surface area contributed by atoms with Crippen LogP contribution < -0.4 is 0 Å². The number of imidazole rings is 1. The molecule has 1 N–H and O–H groups in total. The summed E-state index contributed by atoms with van der Waals surface area (Å²) < 4.78 is 37.1. The largest absolute Gasteiger partial charge is 0.390 e. The fraction of sp³-hybridized carbons (Fsp3) is 0.625. The number of alkyl halides is 3. The van der Waals surface area contributed by atoms with E-state index in [1.54, 1.807) is 11.6 Å². The summed E-state index contributed by atoms with van der Waals surface area (Å²) in [7, 11) is 1.66. The molecule has 0 unspecified atom stereocenters. The Balaban J connectivity index is 2.48. The topological polar surface area (TPSA) is 38.0 Å². The average molecular weight is 240 g/mol. The van der Waals surface area contributed by atoms with Crippen LogP contribution in [0, 0.1) is 0 Å². The van der Waals surface area contributed by atoms with Crippen LogP contribution in [0.15, 0.2) is 11.4 Å². The zero-order valence-corrected chi connectivity index (χ0v) is 8.90. The van der Waals surface area contributed by atoms with Gasteiger partial charge in [0.05, 0.1) is 24.9 Å². The normalized spacial score (nSPS) is 12.1. The summed E-state index contributed by atoms with van der Waals surface area (Å²) >= 11 is 1.03. The Hall–Kier alpha value is -0.690. The molecule has 0 aliphatic carbocycles. The van der Waals surface area contributed by atoms with E-state index < -0.39 is 12.6 Å². The molecule has 0 saturated heterocycles. The summed E-state index contributed by atoms with van der Waals surface area (Å²) in [5, 5.41) is 9.33. The molecule has 0 fully saturated rings. The lowest BCUT2D eigenvalue weighted by molar-refractivity contribution is -0.129. The van der Waals surface area contributed by atoms with Crippen molar-refractivity contribution in [3.05, 3.63) is 11.9 Å². The van der Waals surface area contributed by atoms with Gasteiger partial charge in [0.25, 0.3) is 0 Å². The number of aliphatic hydroxyl groups is 1. The van der Waals surface area contributed by atoms with Crippen LogP contribution in [0.25, 0.3) is 0 Å². The summed E-state index contributed by atoms with van der Waals surface area (Å²) in [6.45, 7) is -0.163. The highest BCUT2D eigenvalue weighted by Crippen LogP contribution is 2.25. The lowest BCUT2D eigenvalue weighted by Crippen LogP contribution is -2.08. The maximum absolute atomic E-state index is 11.8. The predicted molar refractivity (Wildman–Crippen MR) is 50.5 cm³/mol. The van der Waals surface area contributed by atoms with E-state index in [1.807, 2.05) is 0 Å². The van der Waals surface area contributed by atoms with Gasteiger partial charge >= 0.3 is 6.18 Å². The molecule has 0 amide bonds. The Bertz CT molecular complexity index is 324. The van der Waals surface area contributed by atoms with Gasteiger partial charge in [-0.2, -0.15) is 13.2 Å². The third kappa shape index (κ3) is 3.75. The molecule has 0 aliphatic rings. The minimum Gasteiger partial charge on any atom is -0.390 e.